The van der Waals surface area contributed by atoms with Crippen LogP contribution in [-0.2, 0) is 4.74 Å². The molecule has 3 unspecified atom stereocenters. The lowest BCUT2D eigenvalue weighted by Gasteiger charge is -2.29. The van der Waals surface area contributed by atoms with Crippen molar-refractivity contribution in [3.05, 3.63) is 0 Å². The van der Waals surface area contributed by atoms with E-state index in [1.165, 1.54) is 12.8 Å². The topological polar surface area (TPSA) is 9.23 Å². The lowest BCUT2D eigenvalue weighted by atomic mass is 9.82. The molecule has 15 heavy (non-hydrogen) atoms. The lowest BCUT2D eigenvalue weighted by Crippen LogP contribution is -2.27. The third kappa shape index (κ3) is 3.79. The Hall–Kier alpha value is -0.0400. The minimum absolute atomic E-state index is 0.293. The number of ether oxygens (including phenoxy) is 1. The maximum Gasteiger partial charge on any atom is 0.0630 e. The second-order valence-electron chi connectivity index (χ2n) is 7.51. The number of rotatable bonds is 1. The molecule has 0 radical (unpaired) electrons. The summed E-state index contributed by atoms with van der Waals surface area (Å²) in [6, 6.07) is 0. The minimum Gasteiger partial charge on any atom is -0.374 e. The van der Waals surface area contributed by atoms with E-state index in [0.717, 1.165) is 0 Å². The average Bonchev–Trinajstić information content (AvgIpc) is 2.27. The highest BCUT2D eigenvalue weighted by molar-refractivity contribution is 4.88. The third-order valence-corrected chi connectivity index (χ3v) is 3.34. The van der Waals surface area contributed by atoms with E-state index in [-0.39, 0.29) is 0 Å². The maximum atomic E-state index is 6.21. The van der Waals surface area contributed by atoms with Crippen molar-refractivity contribution in [2.45, 2.75) is 73.5 Å². The Morgan fingerprint density at radius 1 is 1.07 bits per heavy atom. The molecule has 1 rings (SSSR count). The molecule has 0 aromatic heterocycles. The zero-order valence-electron chi connectivity index (χ0n) is 11.6. The Bertz CT molecular complexity index is 206. The van der Waals surface area contributed by atoms with E-state index in [0.29, 0.717) is 29.0 Å². The molecule has 0 aromatic carbocycles. The Kier molecular flexibility index (Phi) is 3.55. The predicted molar refractivity (Wildman–Crippen MR) is 66.0 cm³/mol. The van der Waals surface area contributed by atoms with Gasteiger partial charge in [0.05, 0.1) is 12.2 Å². The van der Waals surface area contributed by atoms with Gasteiger partial charge in [0, 0.05) is 0 Å². The van der Waals surface area contributed by atoms with Crippen molar-refractivity contribution in [1.82, 2.24) is 0 Å². The Balaban J connectivity index is 2.57. The van der Waals surface area contributed by atoms with Crippen molar-refractivity contribution < 1.29 is 4.74 Å². The Morgan fingerprint density at radius 3 is 1.93 bits per heavy atom. The van der Waals surface area contributed by atoms with Crippen LogP contribution in [0.1, 0.15) is 61.3 Å². The SMILES string of the molecule is CC1CC(C(C)(C)C)OC1CC(C)(C)C. The third-order valence-electron chi connectivity index (χ3n) is 3.34. The molecule has 1 heterocycles. The van der Waals surface area contributed by atoms with Crippen molar-refractivity contribution >= 4 is 0 Å². The van der Waals surface area contributed by atoms with Gasteiger partial charge in [0.1, 0.15) is 0 Å². The van der Waals surface area contributed by atoms with Gasteiger partial charge in [-0.1, -0.05) is 48.5 Å². The van der Waals surface area contributed by atoms with Crippen molar-refractivity contribution in [3.63, 3.8) is 0 Å². The molecule has 0 saturated carbocycles. The second kappa shape index (κ2) is 4.08. The van der Waals surface area contributed by atoms with Gasteiger partial charge in [-0.15, -0.1) is 0 Å². The lowest BCUT2D eigenvalue weighted by molar-refractivity contribution is -0.0342. The van der Waals surface area contributed by atoms with E-state index in [2.05, 4.69) is 48.5 Å². The van der Waals surface area contributed by atoms with Gasteiger partial charge in [-0.05, 0) is 29.6 Å². The van der Waals surface area contributed by atoms with Gasteiger partial charge in [-0.25, -0.2) is 0 Å². The van der Waals surface area contributed by atoms with Gasteiger partial charge >= 0.3 is 0 Å². The summed E-state index contributed by atoms with van der Waals surface area (Å²) in [5.74, 6) is 0.716. The van der Waals surface area contributed by atoms with E-state index < -0.39 is 0 Å². The van der Waals surface area contributed by atoms with Gasteiger partial charge in [0.2, 0.25) is 0 Å². The van der Waals surface area contributed by atoms with Gasteiger partial charge < -0.3 is 4.74 Å². The summed E-state index contributed by atoms with van der Waals surface area (Å²) < 4.78 is 6.21. The van der Waals surface area contributed by atoms with E-state index in [1.54, 1.807) is 0 Å². The number of hydrogen-bond donors (Lipinski definition) is 0. The summed E-state index contributed by atoms with van der Waals surface area (Å²) >= 11 is 0. The smallest absolute Gasteiger partial charge is 0.0630 e. The molecule has 1 aliphatic heterocycles. The van der Waals surface area contributed by atoms with Gasteiger partial charge in [0.15, 0.2) is 0 Å². The first-order valence-corrected chi connectivity index (χ1v) is 6.25. The van der Waals surface area contributed by atoms with Crippen molar-refractivity contribution in [3.8, 4) is 0 Å². The fraction of sp³-hybridized carbons (Fsp3) is 1.00. The molecule has 1 saturated heterocycles. The van der Waals surface area contributed by atoms with Crippen LogP contribution in [0.25, 0.3) is 0 Å². The summed E-state index contributed by atoms with van der Waals surface area (Å²) in [7, 11) is 0. The zero-order chi connectivity index (χ0) is 11.9. The van der Waals surface area contributed by atoms with Gasteiger partial charge in [-0.3, -0.25) is 0 Å². The van der Waals surface area contributed by atoms with Crippen LogP contribution >= 0.6 is 0 Å². The molecule has 0 aliphatic carbocycles. The van der Waals surface area contributed by atoms with E-state index in [9.17, 15) is 0 Å². The second-order valence-corrected chi connectivity index (χ2v) is 7.51. The first-order valence-electron chi connectivity index (χ1n) is 6.25. The van der Waals surface area contributed by atoms with Crippen LogP contribution in [0.4, 0.5) is 0 Å². The van der Waals surface area contributed by atoms with Crippen LogP contribution in [0.15, 0.2) is 0 Å². The van der Waals surface area contributed by atoms with E-state index in [1.807, 2.05) is 0 Å². The van der Waals surface area contributed by atoms with E-state index >= 15 is 0 Å². The molecule has 1 aliphatic rings. The Morgan fingerprint density at radius 2 is 1.60 bits per heavy atom. The summed E-state index contributed by atoms with van der Waals surface area (Å²) in [5.41, 5.74) is 0.673. The largest absolute Gasteiger partial charge is 0.374 e. The fourth-order valence-corrected chi connectivity index (χ4v) is 2.30. The highest BCUT2D eigenvalue weighted by atomic mass is 16.5. The summed E-state index contributed by atoms with van der Waals surface area (Å²) in [4.78, 5) is 0. The normalized spacial score (nSPS) is 33.4. The molecule has 0 N–H and O–H groups in total. The predicted octanol–water partition coefficient (Wildman–Crippen LogP) is 4.26. The molecular weight excluding hydrogens is 184 g/mol. The maximum absolute atomic E-state index is 6.21. The molecular formula is C14H28O. The molecule has 3 atom stereocenters. The fourth-order valence-electron chi connectivity index (χ4n) is 2.30. The first kappa shape index (κ1) is 13.0. The monoisotopic (exact) mass is 212 g/mol. The van der Waals surface area contributed by atoms with Crippen LogP contribution in [0.5, 0.6) is 0 Å². The number of hydrogen-bond acceptors (Lipinski definition) is 1. The van der Waals surface area contributed by atoms with Crippen LogP contribution in [0, 0.1) is 16.7 Å². The van der Waals surface area contributed by atoms with Gasteiger partial charge in [0.25, 0.3) is 0 Å². The zero-order valence-corrected chi connectivity index (χ0v) is 11.6. The van der Waals surface area contributed by atoms with Crippen LogP contribution < -0.4 is 0 Å². The van der Waals surface area contributed by atoms with Crippen molar-refractivity contribution in [2.75, 3.05) is 0 Å². The molecule has 0 aromatic rings. The van der Waals surface area contributed by atoms with Crippen molar-refractivity contribution in [2.24, 2.45) is 16.7 Å². The highest BCUT2D eigenvalue weighted by Gasteiger charge is 2.39. The highest BCUT2D eigenvalue weighted by Crippen LogP contribution is 2.40. The van der Waals surface area contributed by atoms with Crippen LogP contribution in [0.2, 0.25) is 0 Å². The average molecular weight is 212 g/mol. The summed E-state index contributed by atoms with van der Waals surface area (Å²) in [6.07, 6.45) is 3.32. The molecule has 0 spiro atoms. The quantitative estimate of drug-likeness (QED) is 0.631. The molecule has 1 nitrogen and oxygen atoms in total. The molecule has 90 valence electrons. The standard InChI is InChI=1S/C14H28O/c1-10-8-12(14(5,6)7)15-11(10)9-13(2,3)4/h10-12H,8-9H2,1-7H3. The molecule has 1 heteroatoms. The van der Waals surface area contributed by atoms with Crippen LogP contribution in [-0.4, -0.2) is 12.2 Å². The summed E-state index contributed by atoms with van der Waals surface area (Å²) in [6.45, 7) is 16.1. The molecule has 0 bridgehead atoms. The molecule has 0 amide bonds. The van der Waals surface area contributed by atoms with Gasteiger partial charge in [-0.2, -0.15) is 0 Å². The van der Waals surface area contributed by atoms with Crippen LogP contribution in [0.3, 0.4) is 0 Å². The van der Waals surface area contributed by atoms with E-state index in [4.69, 9.17) is 4.74 Å². The first-order chi connectivity index (χ1) is 6.59. The summed E-state index contributed by atoms with van der Waals surface area (Å²) in [5, 5.41) is 0. The van der Waals surface area contributed by atoms with Crippen molar-refractivity contribution in [1.29, 1.82) is 0 Å². The Labute approximate surface area is 95.6 Å². The minimum atomic E-state index is 0.293. The molecule has 1 fully saturated rings.